The maximum atomic E-state index is 10.0. The zero-order valence-electron chi connectivity index (χ0n) is 26.1. The summed E-state index contributed by atoms with van der Waals surface area (Å²) in [6, 6.07) is 61.4. The van der Waals surface area contributed by atoms with Crippen LogP contribution < -0.4 is 9.80 Å². The lowest BCUT2D eigenvalue weighted by molar-refractivity contribution is 0.475. The van der Waals surface area contributed by atoms with Crippen LogP contribution in [0.4, 0.5) is 34.1 Å². The quantitative estimate of drug-likeness (QED) is 0.186. The van der Waals surface area contributed by atoms with Crippen molar-refractivity contribution < 1.29 is 10.2 Å². The lowest BCUT2D eigenvalue weighted by atomic mass is 10.0. The first-order chi connectivity index (χ1) is 23.6. The number of anilines is 6. The van der Waals surface area contributed by atoms with Crippen molar-refractivity contribution in [3.63, 3.8) is 0 Å². The second kappa shape index (κ2) is 12.3. The van der Waals surface area contributed by atoms with E-state index in [2.05, 4.69) is 143 Å². The van der Waals surface area contributed by atoms with Crippen LogP contribution in [0.1, 0.15) is 0 Å². The largest absolute Gasteiger partial charge is 0.508 e. The van der Waals surface area contributed by atoms with Crippen LogP contribution in [0.15, 0.2) is 182 Å². The Morgan fingerprint density at radius 3 is 0.979 bits per heavy atom. The maximum Gasteiger partial charge on any atom is 0.115 e. The van der Waals surface area contributed by atoms with E-state index in [0.29, 0.717) is 0 Å². The fourth-order valence-electron chi connectivity index (χ4n) is 6.47. The fraction of sp³-hybridized carbons (Fsp3) is 0. The third-order valence-electron chi connectivity index (χ3n) is 8.82. The average Bonchev–Trinajstić information content (AvgIpc) is 3.14. The first-order valence-corrected chi connectivity index (χ1v) is 16.0. The van der Waals surface area contributed by atoms with Gasteiger partial charge in [0.2, 0.25) is 0 Å². The average molecular weight is 621 g/mol. The van der Waals surface area contributed by atoms with Crippen molar-refractivity contribution in [1.82, 2.24) is 0 Å². The zero-order valence-corrected chi connectivity index (χ0v) is 26.1. The van der Waals surface area contributed by atoms with Crippen molar-refractivity contribution in [3.05, 3.63) is 182 Å². The molecule has 230 valence electrons. The van der Waals surface area contributed by atoms with Gasteiger partial charge in [-0.2, -0.15) is 0 Å². The van der Waals surface area contributed by atoms with E-state index in [0.717, 1.165) is 56.0 Å². The van der Waals surface area contributed by atoms with E-state index in [1.54, 1.807) is 24.3 Å². The van der Waals surface area contributed by atoms with E-state index < -0.39 is 0 Å². The molecule has 0 atom stereocenters. The minimum Gasteiger partial charge on any atom is -0.508 e. The molecule has 2 N–H and O–H groups in total. The standard InChI is InChI=1S/C44H32N2O2/c47-39-27-23-37(24-28-39)45(43-13-5-9-33-7-1-3-11-41(33)43)35-19-15-31(16-20-35)32-17-21-36(22-18-32)46(38-25-29-40(48)30-26-38)44-14-6-10-34-8-2-4-12-42(34)44/h1-30,47-48H. The molecule has 0 bridgehead atoms. The molecule has 0 saturated carbocycles. The predicted molar refractivity (Wildman–Crippen MR) is 200 cm³/mol. The number of rotatable bonds is 7. The highest BCUT2D eigenvalue weighted by atomic mass is 16.3. The molecule has 0 aliphatic rings. The topological polar surface area (TPSA) is 46.9 Å². The molecule has 8 aromatic rings. The molecule has 0 spiro atoms. The third-order valence-corrected chi connectivity index (χ3v) is 8.82. The van der Waals surface area contributed by atoms with Gasteiger partial charge >= 0.3 is 0 Å². The van der Waals surface area contributed by atoms with Gasteiger partial charge in [-0.25, -0.2) is 0 Å². The highest BCUT2D eigenvalue weighted by Crippen LogP contribution is 2.42. The van der Waals surface area contributed by atoms with Crippen LogP contribution in [0.3, 0.4) is 0 Å². The van der Waals surface area contributed by atoms with Gasteiger partial charge in [0, 0.05) is 33.5 Å². The smallest absolute Gasteiger partial charge is 0.115 e. The maximum absolute atomic E-state index is 10.0. The van der Waals surface area contributed by atoms with Crippen LogP contribution in [0.25, 0.3) is 32.7 Å². The molecule has 0 unspecified atom stereocenters. The Labute approximate surface area is 279 Å². The normalized spacial score (nSPS) is 11.1. The molecule has 0 heterocycles. The Hall–Kier alpha value is -6.52. The molecular formula is C44H32N2O2. The molecule has 0 aromatic heterocycles. The highest BCUT2D eigenvalue weighted by Gasteiger charge is 2.17. The number of fused-ring (bicyclic) bond motifs is 2. The molecule has 0 aliphatic heterocycles. The van der Waals surface area contributed by atoms with Gasteiger partial charge in [-0.1, -0.05) is 97.1 Å². The van der Waals surface area contributed by atoms with Crippen molar-refractivity contribution in [2.75, 3.05) is 9.80 Å². The second-order valence-electron chi connectivity index (χ2n) is 11.8. The monoisotopic (exact) mass is 620 g/mol. The van der Waals surface area contributed by atoms with Crippen LogP contribution in [-0.2, 0) is 0 Å². The van der Waals surface area contributed by atoms with Gasteiger partial charge in [0.1, 0.15) is 11.5 Å². The number of phenols is 2. The summed E-state index contributed by atoms with van der Waals surface area (Å²) in [7, 11) is 0. The molecule has 0 amide bonds. The second-order valence-corrected chi connectivity index (χ2v) is 11.8. The van der Waals surface area contributed by atoms with E-state index in [-0.39, 0.29) is 11.5 Å². The predicted octanol–water partition coefficient (Wildman–Crippen LogP) is 12.0. The van der Waals surface area contributed by atoms with Gasteiger partial charge in [-0.3, -0.25) is 0 Å². The summed E-state index contributed by atoms with van der Waals surface area (Å²) in [5, 5.41) is 24.7. The zero-order chi connectivity index (χ0) is 32.5. The fourth-order valence-corrected chi connectivity index (χ4v) is 6.47. The first-order valence-electron chi connectivity index (χ1n) is 16.0. The summed E-state index contributed by atoms with van der Waals surface area (Å²) in [4.78, 5) is 4.46. The molecular weight excluding hydrogens is 588 g/mol. The van der Waals surface area contributed by atoms with Gasteiger partial charge in [-0.05, 0) is 107 Å². The Morgan fingerprint density at radius 2 is 0.604 bits per heavy atom. The van der Waals surface area contributed by atoms with Gasteiger partial charge in [0.15, 0.2) is 0 Å². The lowest BCUT2D eigenvalue weighted by Crippen LogP contribution is -2.10. The molecule has 0 aliphatic carbocycles. The highest BCUT2D eigenvalue weighted by molar-refractivity contribution is 6.00. The molecule has 4 nitrogen and oxygen atoms in total. The number of hydrogen-bond donors (Lipinski definition) is 2. The summed E-state index contributed by atoms with van der Waals surface area (Å²) >= 11 is 0. The minimum atomic E-state index is 0.236. The SMILES string of the molecule is Oc1ccc(N(c2ccc(-c3ccc(N(c4ccc(O)cc4)c4cccc5ccccc45)cc3)cc2)c2cccc3ccccc23)cc1. The molecule has 8 rings (SSSR count). The first kappa shape index (κ1) is 28.9. The molecule has 0 fully saturated rings. The number of aromatic hydroxyl groups is 2. The minimum absolute atomic E-state index is 0.236. The Bertz CT molecular complexity index is 2170. The van der Waals surface area contributed by atoms with Crippen molar-refractivity contribution in [2.24, 2.45) is 0 Å². The van der Waals surface area contributed by atoms with Crippen LogP contribution in [-0.4, -0.2) is 10.2 Å². The molecule has 48 heavy (non-hydrogen) atoms. The molecule has 4 heteroatoms. The van der Waals surface area contributed by atoms with Gasteiger partial charge < -0.3 is 20.0 Å². The van der Waals surface area contributed by atoms with Crippen molar-refractivity contribution >= 4 is 55.7 Å². The number of nitrogens with zero attached hydrogens (tertiary/aromatic N) is 2. The number of benzene rings is 8. The van der Waals surface area contributed by atoms with Crippen LogP contribution >= 0.6 is 0 Å². The van der Waals surface area contributed by atoms with E-state index in [4.69, 9.17) is 0 Å². The van der Waals surface area contributed by atoms with E-state index in [1.165, 1.54) is 10.8 Å². The summed E-state index contributed by atoms with van der Waals surface area (Å²) in [6.45, 7) is 0. The molecule has 8 aromatic carbocycles. The van der Waals surface area contributed by atoms with Gasteiger partial charge in [0.05, 0.1) is 11.4 Å². The number of phenolic OH excluding ortho intramolecular Hbond substituents is 2. The Morgan fingerprint density at radius 1 is 0.292 bits per heavy atom. The summed E-state index contributed by atoms with van der Waals surface area (Å²) in [5.74, 6) is 0.472. The van der Waals surface area contributed by atoms with Crippen molar-refractivity contribution in [3.8, 4) is 22.6 Å². The summed E-state index contributed by atoms with van der Waals surface area (Å²) in [5.41, 5.74) is 8.31. The van der Waals surface area contributed by atoms with Gasteiger partial charge in [-0.15, -0.1) is 0 Å². The summed E-state index contributed by atoms with van der Waals surface area (Å²) < 4.78 is 0. The summed E-state index contributed by atoms with van der Waals surface area (Å²) in [6.07, 6.45) is 0. The number of hydrogen-bond acceptors (Lipinski definition) is 4. The Balaban J connectivity index is 1.16. The molecule has 0 radical (unpaired) electrons. The van der Waals surface area contributed by atoms with E-state index in [1.807, 2.05) is 24.3 Å². The van der Waals surface area contributed by atoms with Crippen LogP contribution in [0.2, 0.25) is 0 Å². The van der Waals surface area contributed by atoms with Crippen molar-refractivity contribution in [1.29, 1.82) is 0 Å². The molecule has 0 saturated heterocycles. The lowest BCUT2D eigenvalue weighted by Gasteiger charge is -2.27. The third kappa shape index (κ3) is 5.46. The van der Waals surface area contributed by atoms with Crippen LogP contribution in [0.5, 0.6) is 11.5 Å². The van der Waals surface area contributed by atoms with E-state index in [9.17, 15) is 10.2 Å². The van der Waals surface area contributed by atoms with Crippen molar-refractivity contribution in [2.45, 2.75) is 0 Å². The Kier molecular flexibility index (Phi) is 7.44. The van der Waals surface area contributed by atoms with E-state index >= 15 is 0 Å². The van der Waals surface area contributed by atoms with Crippen LogP contribution in [0, 0.1) is 0 Å². The van der Waals surface area contributed by atoms with Gasteiger partial charge in [0.25, 0.3) is 0 Å².